The minimum atomic E-state index is 0.0788. The molecular weight excluding hydrogens is 290 g/mol. The maximum Gasteiger partial charge on any atom is 0.0200 e. The molecule has 1 atom stereocenters. The summed E-state index contributed by atoms with van der Waals surface area (Å²) in [6, 6.07) is 22.1. The highest BCUT2D eigenvalue weighted by atomic mass is 14.9. The van der Waals surface area contributed by atoms with Crippen LogP contribution in [0.4, 0.5) is 0 Å². The second-order valence-electron chi connectivity index (χ2n) is 7.61. The Labute approximate surface area is 147 Å². The van der Waals surface area contributed by atoms with Crippen LogP contribution in [-0.4, -0.2) is 13.1 Å². The Kier molecular flexibility index (Phi) is 5.73. The van der Waals surface area contributed by atoms with E-state index in [4.69, 9.17) is 0 Å². The fraction of sp³-hybridized carbons (Fsp3) is 0.478. The molecule has 24 heavy (non-hydrogen) atoms. The van der Waals surface area contributed by atoms with Crippen LogP contribution in [-0.2, 0) is 5.41 Å². The van der Waals surface area contributed by atoms with E-state index >= 15 is 0 Å². The van der Waals surface area contributed by atoms with Crippen LogP contribution in [0.2, 0.25) is 0 Å². The normalized spacial score (nSPS) is 17.6. The van der Waals surface area contributed by atoms with Crippen molar-refractivity contribution >= 4 is 0 Å². The van der Waals surface area contributed by atoms with Gasteiger partial charge in [0.2, 0.25) is 0 Å². The van der Waals surface area contributed by atoms with E-state index in [9.17, 15) is 0 Å². The van der Waals surface area contributed by atoms with Crippen molar-refractivity contribution < 1.29 is 0 Å². The second kappa shape index (κ2) is 7.98. The van der Waals surface area contributed by atoms with Crippen LogP contribution in [0.15, 0.2) is 60.7 Å². The predicted octanol–water partition coefficient (Wildman–Crippen LogP) is 5.41. The largest absolute Gasteiger partial charge is 0.317 e. The third-order valence-electron chi connectivity index (χ3n) is 6.20. The van der Waals surface area contributed by atoms with Crippen molar-refractivity contribution in [3.63, 3.8) is 0 Å². The van der Waals surface area contributed by atoms with Crippen LogP contribution < -0.4 is 5.32 Å². The average Bonchev–Trinajstić information content (AvgIpc) is 2.67. The smallest absolute Gasteiger partial charge is 0.0200 e. The van der Waals surface area contributed by atoms with Crippen LogP contribution in [0.1, 0.15) is 50.7 Å². The molecule has 1 aliphatic rings. The van der Waals surface area contributed by atoms with Gasteiger partial charge in [-0.25, -0.2) is 0 Å². The number of rotatable bonds is 6. The summed E-state index contributed by atoms with van der Waals surface area (Å²) in [4.78, 5) is 0. The standard InChI is InChI=1S/C23H31N/c1-19(13-14-20-15-17-24-18-16-20)23(2,21-9-5-3-6-10-21)22-11-7-4-8-12-22/h3-12,19-20,24H,13-18H2,1-2H3. The predicted molar refractivity (Wildman–Crippen MR) is 103 cm³/mol. The van der Waals surface area contributed by atoms with Gasteiger partial charge in [-0.2, -0.15) is 0 Å². The molecule has 1 heteroatoms. The Bertz CT molecular complexity index is 559. The van der Waals surface area contributed by atoms with Gasteiger partial charge in [0, 0.05) is 5.41 Å². The molecular formula is C23H31N. The Hall–Kier alpha value is -1.60. The van der Waals surface area contributed by atoms with Gasteiger partial charge in [-0.1, -0.05) is 80.9 Å². The Balaban J connectivity index is 1.81. The maximum atomic E-state index is 3.48. The number of nitrogens with one attached hydrogen (secondary N) is 1. The first kappa shape index (κ1) is 17.2. The SMILES string of the molecule is CC(CCC1CCNCC1)C(C)(c1ccccc1)c1ccccc1. The van der Waals surface area contributed by atoms with Gasteiger partial charge in [0.25, 0.3) is 0 Å². The van der Waals surface area contributed by atoms with Crippen molar-refractivity contribution in [3.05, 3.63) is 71.8 Å². The van der Waals surface area contributed by atoms with Gasteiger partial charge < -0.3 is 5.32 Å². The molecule has 1 heterocycles. The Morgan fingerprint density at radius 1 is 0.917 bits per heavy atom. The third-order valence-corrected chi connectivity index (χ3v) is 6.20. The van der Waals surface area contributed by atoms with Crippen molar-refractivity contribution in [1.82, 2.24) is 5.32 Å². The summed E-state index contributed by atoms with van der Waals surface area (Å²) in [7, 11) is 0. The van der Waals surface area contributed by atoms with Gasteiger partial charge in [0.1, 0.15) is 0 Å². The van der Waals surface area contributed by atoms with E-state index in [1.807, 2.05) is 0 Å². The van der Waals surface area contributed by atoms with Gasteiger partial charge in [0.15, 0.2) is 0 Å². The molecule has 1 fully saturated rings. The topological polar surface area (TPSA) is 12.0 Å². The number of hydrogen-bond acceptors (Lipinski definition) is 1. The van der Waals surface area contributed by atoms with E-state index in [0.29, 0.717) is 5.92 Å². The number of piperidine rings is 1. The molecule has 0 saturated carbocycles. The summed E-state index contributed by atoms with van der Waals surface area (Å²) in [6.07, 6.45) is 5.35. The van der Waals surface area contributed by atoms with Crippen LogP contribution in [0.5, 0.6) is 0 Å². The molecule has 1 nitrogen and oxygen atoms in total. The van der Waals surface area contributed by atoms with Gasteiger partial charge in [-0.3, -0.25) is 0 Å². The minimum Gasteiger partial charge on any atom is -0.317 e. The molecule has 0 amide bonds. The molecule has 2 aromatic rings. The molecule has 0 aliphatic carbocycles. The highest BCUT2D eigenvalue weighted by Crippen LogP contribution is 2.41. The first-order valence-electron chi connectivity index (χ1n) is 9.53. The fourth-order valence-corrected chi connectivity index (χ4v) is 4.25. The lowest BCUT2D eigenvalue weighted by Gasteiger charge is -2.38. The molecule has 2 aromatic carbocycles. The van der Waals surface area contributed by atoms with E-state index in [1.54, 1.807) is 0 Å². The molecule has 1 aliphatic heterocycles. The van der Waals surface area contributed by atoms with Crippen LogP contribution in [0.25, 0.3) is 0 Å². The molecule has 1 unspecified atom stereocenters. The summed E-state index contributed by atoms with van der Waals surface area (Å²) >= 11 is 0. The Morgan fingerprint density at radius 2 is 1.42 bits per heavy atom. The summed E-state index contributed by atoms with van der Waals surface area (Å²) in [5.41, 5.74) is 2.96. The maximum absolute atomic E-state index is 3.48. The zero-order chi connectivity index (χ0) is 16.8. The highest BCUT2D eigenvalue weighted by molar-refractivity contribution is 5.39. The summed E-state index contributed by atoms with van der Waals surface area (Å²) < 4.78 is 0. The first-order valence-corrected chi connectivity index (χ1v) is 9.53. The van der Waals surface area contributed by atoms with E-state index in [0.717, 1.165) is 5.92 Å². The minimum absolute atomic E-state index is 0.0788. The van der Waals surface area contributed by atoms with Gasteiger partial charge >= 0.3 is 0 Å². The average molecular weight is 322 g/mol. The van der Waals surface area contributed by atoms with Crippen LogP contribution in [0, 0.1) is 11.8 Å². The van der Waals surface area contributed by atoms with E-state index in [1.165, 1.54) is 49.9 Å². The summed E-state index contributed by atoms with van der Waals surface area (Å²) in [6.45, 7) is 7.28. The first-order chi connectivity index (χ1) is 11.7. The lowest BCUT2D eigenvalue weighted by atomic mass is 9.66. The third kappa shape index (κ3) is 3.72. The molecule has 128 valence electrons. The molecule has 0 bridgehead atoms. The zero-order valence-electron chi connectivity index (χ0n) is 15.2. The molecule has 0 aromatic heterocycles. The molecule has 1 saturated heterocycles. The molecule has 0 radical (unpaired) electrons. The summed E-state index contributed by atoms with van der Waals surface area (Å²) in [5.74, 6) is 1.53. The van der Waals surface area contributed by atoms with Crippen molar-refractivity contribution in [1.29, 1.82) is 0 Å². The van der Waals surface area contributed by atoms with Crippen molar-refractivity contribution in [2.75, 3.05) is 13.1 Å². The molecule has 0 spiro atoms. The van der Waals surface area contributed by atoms with Gasteiger partial charge in [0.05, 0.1) is 0 Å². The number of benzene rings is 2. The lowest BCUT2D eigenvalue weighted by Crippen LogP contribution is -2.33. The van der Waals surface area contributed by atoms with Gasteiger partial charge in [-0.15, -0.1) is 0 Å². The van der Waals surface area contributed by atoms with Crippen molar-refractivity contribution in [2.45, 2.75) is 44.9 Å². The molecule has 1 N–H and O–H groups in total. The number of hydrogen-bond donors (Lipinski definition) is 1. The van der Waals surface area contributed by atoms with Gasteiger partial charge in [-0.05, 0) is 55.3 Å². The van der Waals surface area contributed by atoms with Crippen molar-refractivity contribution in [3.8, 4) is 0 Å². The highest BCUT2D eigenvalue weighted by Gasteiger charge is 2.34. The Morgan fingerprint density at radius 3 is 1.92 bits per heavy atom. The monoisotopic (exact) mass is 321 g/mol. The lowest BCUT2D eigenvalue weighted by molar-refractivity contribution is 0.283. The fourth-order valence-electron chi connectivity index (χ4n) is 4.25. The zero-order valence-corrected chi connectivity index (χ0v) is 15.2. The van der Waals surface area contributed by atoms with Crippen LogP contribution in [0.3, 0.4) is 0 Å². The van der Waals surface area contributed by atoms with E-state index < -0.39 is 0 Å². The van der Waals surface area contributed by atoms with Crippen LogP contribution >= 0.6 is 0 Å². The summed E-state index contributed by atoms with van der Waals surface area (Å²) in [5, 5.41) is 3.48. The second-order valence-corrected chi connectivity index (χ2v) is 7.61. The quantitative estimate of drug-likeness (QED) is 0.750. The molecule has 3 rings (SSSR count). The van der Waals surface area contributed by atoms with E-state index in [2.05, 4.69) is 79.8 Å². The van der Waals surface area contributed by atoms with Crippen molar-refractivity contribution in [2.24, 2.45) is 11.8 Å². The van der Waals surface area contributed by atoms with E-state index in [-0.39, 0.29) is 5.41 Å².